The zero-order valence-corrected chi connectivity index (χ0v) is 18.3. The third-order valence-corrected chi connectivity index (χ3v) is 6.19. The van der Waals surface area contributed by atoms with Crippen LogP contribution in [0.5, 0.6) is 0 Å². The van der Waals surface area contributed by atoms with Crippen molar-refractivity contribution in [1.29, 1.82) is 0 Å². The third kappa shape index (κ3) is 4.77. The fourth-order valence-corrected chi connectivity index (χ4v) is 4.53. The van der Waals surface area contributed by atoms with Gasteiger partial charge in [-0.15, -0.1) is 0 Å². The normalized spacial score (nSPS) is 18.4. The SMILES string of the molecule is COCC(=O)N1CCC[C@H](c2nc(C)c3c(n2)N(CCCc2ccccc2)C(=O)C3)C1. The maximum absolute atomic E-state index is 12.7. The fraction of sp³-hybridized carbons (Fsp3) is 0.500. The Bertz CT molecular complexity index is 947. The molecule has 2 amide bonds. The molecule has 1 aromatic heterocycles. The van der Waals surface area contributed by atoms with Crippen molar-refractivity contribution in [3.63, 3.8) is 0 Å². The molecule has 7 heteroatoms. The van der Waals surface area contributed by atoms with Gasteiger partial charge in [0.1, 0.15) is 18.2 Å². The summed E-state index contributed by atoms with van der Waals surface area (Å²) in [6.45, 7) is 4.05. The van der Waals surface area contributed by atoms with E-state index in [0.717, 1.165) is 55.1 Å². The molecule has 7 nitrogen and oxygen atoms in total. The van der Waals surface area contributed by atoms with Gasteiger partial charge in [-0.3, -0.25) is 14.5 Å². The summed E-state index contributed by atoms with van der Waals surface area (Å²) in [4.78, 5) is 38.3. The summed E-state index contributed by atoms with van der Waals surface area (Å²) < 4.78 is 5.01. The summed E-state index contributed by atoms with van der Waals surface area (Å²) in [5, 5.41) is 0. The van der Waals surface area contributed by atoms with Gasteiger partial charge in [-0.05, 0) is 38.2 Å². The first-order valence-corrected chi connectivity index (χ1v) is 11.0. The zero-order chi connectivity index (χ0) is 21.8. The molecule has 2 aliphatic rings. The van der Waals surface area contributed by atoms with Gasteiger partial charge < -0.3 is 9.64 Å². The number of nitrogens with zero attached hydrogens (tertiary/aromatic N) is 4. The number of piperidine rings is 1. The lowest BCUT2D eigenvalue weighted by Gasteiger charge is -2.32. The second kappa shape index (κ2) is 9.56. The van der Waals surface area contributed by atoms with Gasteiger partial charge in [-0.1, -0.05) is 30.3 Å². The van der Waals surface area contributed by atoms with Crippen LogP contribution in [0.1, 0.15) is 47.8 Å². The van der Waals surface area contributed by atoms with Crippen LogP contribution in [-0.2, 0) is 27.2 Å². The van der Waals surface area contributed by atoms with E-state index in [2.05, 4.69) is 12.1 Å². The van der Waals surface area contributed by atoms with E-state index in [4.69, 9.17) is 14.7 Å². The minimum absolute atomic E-state index is 0.00259. The molecule has 0 N–H and O–H groups in total. The van der Waals surface area contributed by atoms with E-state index in [1.54, 1.807) is 0 Å². The first kappa shape index (κ1) is 21.4. The number of methoxy groups -OCH3 is 1. The molecule has 31 heavy (non-hydrogen) atoms. The van der Waals surface area contributed by atoms with Crippen molar-refractivity contribution in [3.05, 3.63) is 53.0 Å². The molecular formula is C24H30N4O3. The van der Waals surface area contributed by atoms with Crippen LogP contribution in [0, 0.1) is 6.92 Å². The van der Waals surface area contributed by atoms with Gasteiger partial charge in [0.25, 0.3) is 0 Å². The second-order valence-electron chi connectivity index (χ2n) is 8.39. The van der Waals surface area contributed by atoms with Crippen LogP contribution >= 0.6 is 0 Å². The van der Waals surface area contributed by atoms with Crippen molar-refractivity contribution in [1.82, 2.24) is 14.9 Å². The average Bonchev–Trinajstić information content (AvgIpc) is 3.11. The molecule has 0 radical (unpaired) electrons. The monoisotopic (exact) mass is 422 g/mol. The summed E-state index contributed by atoms with van der Waals surface area (Å²) in [6, 6.07) is 10.3. The van der Waals surface area contributed by atoms with Crippen molar-refractivity contribution >= 4 is 17.6 Å². The van der Waals surface area contributed by atoms with Crippen LogP contribution in [0.15, 0.2) is 30.3 Å². The van der Waals surface area contributed by atoms with E-state index in [1.807, 2.05) is 34.9 Å². The number of rotatable bonds is 7. The number of benzene rings is 1. The summed E-state index contributed by atoms with van der Waals surface area (Å²) in [5.74, 6) is 1.69. The highest BCUT2D eigenvalue weighted by atomic mass is 16.5. The van der Waals surface area contributed by atoms with Gasteiger partial charge in [0.15, 0.2) is 0 Å². The van der Waals surface area contributed by atoms with Crippen LogP contribution in [-0.4, -0.2) is 60.0 Å². The smallest absolute Gasteiger partial charge is 0.248 e. The average molecular weight is 423 g/mol. The lowest BCUT2D eigenvalue weighted by Crippen LogP contribution is -2.41. The standard InChI is InChI=1S/C24H30N4O3/c1-17-20-14-21(29)28(13-6-10-18-8-4-3-5-9-18)24(20)26-23(25-17)19-11-7-12-27(15-19)22(30)16-31-2/h3-5,8-9,19H,6-7,10-16H2,1-2H3/t19-/m0/s1. The van der Waals surface area contributed by atoms with E-state index in [1.165, 1.54) is 12.7 Å². The molecular weight excluding hydrogens is 392 g/mol. The summed E-state index contributed by atoms with van der Waals surface area (Å²) in [6.07, 6.45) is 4.04. The quantitative estimate of drug-likeness (QED) is 0.686. The van der Waals surface area contributed by atoms with Crippen LogP contribution < -0.4 is 4.90 Å². The molecule has 1 saturated heterocycles. The summed E-state index contributed by atoms with van der Waals surface area (Å²) in [5.41, 5.74) is 3.09. The highest BCUT2D eigenvalue weighted by Gasteiger charge is 2.33. The largest absolute Gasteiger partial charge is 0.375 e. The van der Waals surface area contributed by atoms with Gasteiger partial charge >= 0.3 is 0 Å². The van der Waals surface area contributed by atoms with Crippen molar-refractivity contribution in [2.75, 3.05) is 38.3 Å². The molecule has 2 aromatic rings. The Kier molecular flexibility index (Phi) is 6.61. The van der Waals surface area contributed by atoms with Gasteiger partial charge in [0.2, 0.25) is 11.8 Å². The molecule has 0 saturated carbocycles. The van der Waals surface area contributed by atoms with Gasteiger partial charge in [0.05, 0.1) is 6.42 Å². The predicted octanol–water partition coefficient (Wildman–Crippen LogP) is 2.66. The highest BCUT2D eigenvalue weighted by molar-refractivity contribution is 6.00. The van der Waals surface area contributed by atoms with E-state index in [0.29, 0.717) is 19.5 Å². The first-order chi connectivity index (χ1) is 15.1. The number of hydrogen-bond donors (Lipinski definition) is 0. The fourth-order valence-electron chi connectivity index (χ4n) is 4.53. The number of aromatic nitrogens is 2. The number of anilines is 1. The minimum atomic E-state index is 0.00259. The molecule has 1 atom stereocenters. The van der Waals surface area contributed by atoms with Crippen molar-refractivity contribution in [3.8, 4) is 0 Å². The van der Waals surface area contributed by atoms with Crippen LogP contribution in [0.4, 0.5) is 5.82 Å². The number of ether oxygens (including phenoxy) is 1. The van der Waals surface area contributed by atoms with Gasteiger partial charge in [0, 0.05) is 43.9 Å². The lowest BCUT2D eigenvalue weighted by molar-refractivity contribution is -0.136. The summed E-state index contributed by atoms with van der Waals surface area (Å²) >= 11 is 0. The summed E-state index contributed by atoms with van der Waals surface area (Å²) in [7, 11) is 1.54. The van der Waals surface area contributed by atoms with Crippen LogP contribution in [0.25, 0.3) is 0 Å². The Morgan fingerprint density at radius 3 is 2.81 bits per heavy atom. The van der Waals surface area contributed by atoms with Gasteiger partial charge in [-0.2, -0.15) is 0 Å². The Balaban J connectivity index is 1.49. The molecule has 2 aliphatic heterocycles. The number of hydrogen-bond acceptors (Lipinski definition) is 5. The number of carbonyl (C=O) groups excluding carboxylic acids is 2. The Labute approximate surface area is 183 Å². The first-order valence-electron chi connectivity index (χ1n) is 11.0. The molecule has 0 spiro atoms. The van der Waals surface area contributed by atoms with Gasteiger partial charge in [-0.25, -0.2) is 9.97 Å². The van der Waals surface area contributed by atoms with Crippen molar-refractivity contribution in [2.24, 2.45) is 0 Å². The number of fused-ring (bicyclic) bond motifs is 1. The molecule has 3 heterocycles. The molecule has 1 aromatic carbocycles. The Morgan fingerprint density at radius 2 is 2.03 bits per heavy atom. The zero-order valence-electron chi connectivity index (χ0n) is 18.3. The van der Waals surface area contributed by atoms with Crippen LogP contribution in [0.3, 0.4) is 0 Å². The number of aryl methyl sites for hydroxylation is 2. The maximum Gasteiger partial charge on any atom is 0.248 e. The van der Waals surface area contributed by atoms with Crippen LogP contribution in [0.2, 0.25) is 0 Å². The number of likely N-dealkylation sites (tertiary alicyclic amines) is 1. The van der Waals surface area contributed by atoms with E-state index < -0.39 is 0 Å². The van der Waals surface area contributed by atoms with E-state index in [9.17, 15) is 9.59 Å². The Morgan fingerprint density at radius 1 is 1.23 bits per heavy atom. The molecule has 1 fully saturated rings. The maximum atomic E-state index is 12.7. The third-order valence-electron chi connectivity index (χ3n) is 6.19. The second-order valence-corrected chi connectivity index (χ2v) is 8.39. The lowest BCUT2D eigenvalue weighted by atomic mass is 9.96. The van der Waals surface area contributed by atoms with Crippen molar-refractivity contribution in [2.45, 2.75) is 44.9 Å². The minimum Gasteiger partial charge on any atom is -0.375 e. The van der Waals surface area contributed by atoms with E-state index >= 15 is 0 Å². The number of carbonyl (C=O) groups is 2. The Hall–Kier alpha value is -2.80. The van der Waals surface area contributed by atoms with E-state index in [-0.39, 0.29) is 24.3 Å². The van der Waals surface area contributed by atoms with Crippen molar-refractivity contribution < 1.29 is 14.3 Å². The molecule has 4 rings (SSSR count). The molecule has 0 bridgehead atoms. The molecule has 0 unspecified atom stereocenters. The molecule has 0 aliphatic carbocycles. The molecule has 164 valence electrons. The topological polar surface area (TPSA) is 75.6 Å². The predicted molar refractivity (Wildman–Crippen MR) is 118 cm³/mol. The highest BCUT2D eigenvalue weighted by Crippen LogP contribution is 2.33. The number of amides is 2.